The van der Waals surface area contributed by atoms with Crippen molar-refractivity contribution >= 4 is 15.9 Å². The third kappa shape index (κ3) is 6.41. The summed E-state index contributed by atoms with van der Waals surface area (Å²) in [6, 6.07) is 5.64. The predicted molar refractivity (Wildman–Crippen MR) is 80.9 cm³/mol. The van der Waals surface area contributed by atoms with Crippen LogP contribution < -0.4 is 5.32 Å². The van der Waals surface area contributed by atoms with Crippen LogP contribution in [0.5, 0.6) is 5.75 Å². The highest BCUT2D eigenvalue weighted by atomic mass is 79.9. The van der Waals surface area contributed by atoms with Crippen LogP contribution in [0.15, 0.2) is 22.7 Å². The largest absolute Gasteiger partial charge is 0.507 e. The minimum absolute atomic E-state index is 0.301. The molecule has 1 aromatic carbocycles. The first-order valence-electron chi connectivity index (χ1n) is 6.92. The van der Waals surface area contributed by atoms with Gasteiger partial charge in [0.25, 0.3) is 0 Å². The van der Waals surface area contributed by atoms with Gasteiger partial charge in [0.05, 0.1) is 4.47 Å². The van der Waals surface area contributed by atoms with Crippen molar-refractivity contribution in [1.29, 1.82) is 0 Å². The fourth-order valence-electron chi connectivity index (χ4n) is 1.92. The molecule has 0 unspecified atom stereocenters. The third-order valence-corrected chi connectivity index (χ3v) is 3.68. The van der Waals surface area contributed by atoms with E-state index in [0.29, 0.717) is 5.75 Å². The molecule has 2 N–H and O–H groups in total. The summed E-state index contributed by atoms with van der Waals surface area (Å²) < 4.78 is 0.765. The van der Waals surface area contributed by atoms with E-state index in [1.54, 1.807) is 6.07 Å². The highest BCUT2D eigenvalue weighted by Crippen LogP contribution is 2.24. The second-order valence-corrected chi connectivity index (χ2v) is 5.58. The molecular formula is C15H24BrNO. The first-order valence-corrected chi connectivity index (χ1v) is 7.71. The smallest absolute Gasteiger partial charge is 0.129 e. The van der Waals surface area contributed by atoms with E-state index in [2.05, 4.69) is 28.2 Å². The lowest BCUT2D eigenvalue weighted by molar-refractivity contribution is 0.471. The van der Waals surface area contributed by atoms with Crippen molar-refractivity contribution in [3.8, 4) is 5.75 Å². The van der Waals surface area contributed by atoms with Gasteiger partial charge in [0.2, 0.25) is 0 Å². The van der Waals surface area contributed by atoms with Gasteiger partial charge in [-0.15, -0.1) is 0 Å². The SMILES string of the molecule is CCCCCCCCNCc1ccc(O)c(Br)c1. The minimum atomic E-state index is 0.301. The summed E-state index contributed by atoms with van der Waals surface area (Å²) in [4.78, 5) is 0. The number of halogens is 1. The summed E-state index contributed by atoms with van der Waals surface area (Å²) >= 11 is 3.33. The van der Waals surface area contributed by atoms with Gasteiger partial charge in [-0.05, 0) is 46.6 Å². The van der Waals surface area contributed by atoms with E-state index < -0.39 is 0 Å². The van der Waals surface area contributed by atoms with Crippen LogP contribution in [0.3, 0.4) is 0 Å². The van der Waals surface area contributed by atoms with Gasteiger partial charge in [-0.1, -0.05) is 45.1 Å². The van der Waals surface area contributed by atoms with Crippen LogP contribution in [0.1, 0.15) is 51.0 Å². The van der Waals surface area contributed by atoms with Gasteiger partial charge < -0.3 is 10.4 Å². The molecule has 0 aromatic heterocycles. The molecule has 0 radical (unpaired) electrons. The number of phenolic OH excluding ortho intramolecular Hbond substituents is 1. The number of aromatic hydroxyl groups is 1. The molecule has 0 saturated carbocycles. The zero-order valence-electron chi connectivity index (χ0n) is 11.2. The highest BCUT2D eigenvalue weighted by molar-refractivity contribution is 9.10. The Morgan fingerprint density at radius 1 is 1.11 bits per heavy atom. The van der Waals surface area contributed by atoms with E-state index in [9.17, 15) is 5.11 Å². The van der Waals surface area contributed by atoms with E-state index in [1.165, 1.54) is 44.1 Å². The Bertz CT molecular complexity index is 341. The number of nitrogens with one attached hydrogen (secondary N) is 1. The van der Waals surface area contributed by atoms with Gasteiger partial charge in [-0.2, -0.15) is 0 Å². The monoisotopic (exact) mass is 313 g/mol. The number of phenols is 1. The second kappa shape index (κ2) is 9.40. The Morgan fingerprint density at radius 2 is 1.83 bits per heavy atom. The summed E-state index contributed by atoms with van der Waals surface area (Å²) in [5.41, 5.74) is 1.20. The minimum Gasteiger partial charge on any atom is -0.507 e. The van der Waals surface area contributed by atoms with E-state index in [0.717, 1.165) is 17.6 Å². The Hall–Kier alpha value is -0.540. The second-order valence-electron chi connectivity index (χ2n) is 4.73. The van der Waals surface area contributed by atoms with Gasteiger partial charge in [0.15, 0.2) is 0 Å². The summed E-state index contributed by atoms with van der Waals surface area (Å²) in [7, 11) is 0. The molecule has 18 heavy (non-hydrogen) atoms. The molecule has 1 aromatic rings. The fraction of sp³-hybridized carbons (Fsp3) is 0.600. The summed E-state index contributed by atoms with van der Waals surface area (Å²) in [6.45, 7) is 4.19. The molecule has 0 aliphatic carbocycles. The molecule has 0 heterocycles. The van der Waals surface area contributed by atoms with Crippen LogP contribution in [0.25, 0.3) is 0 Å². The first kappa shape index (κ1) is 15.5. The fourth-order valence-corrected chi connectivity index (χ4v) is 2.35. The van der Waals surface area contributed by atoms with E-state index >= 15 is 0 Å². The van der Waals surface area contributed by atoms with Gasteiger partial charge in [-0.3, -0.25) is 0 Å². The van der Waals surface area contributed by atoms with Crippen molar-refractivity contribution in [3.63, 3.8) is 0 Å². The van der Waals surface area contributed by atoms with Gasteiger partial charge >= 0.3 is 0 Å². The van der Waals surface area contributed by atoms with Gasteiger partial charge in [0, 0.05) is 6.54 Å². The third-order valence-electron chi connectivity index (χ3n) is 3.05. The van der Waals surface area contributed by atoms with Crippen molar-refractivity contribution in [3.05, 3.63) is 28.2 Å². The van der Waals surface area contributed by atoms with Crippen LogP contribution in [-0.4, -0.2) is 11.7 Å². The quantitative estimate of drug-likeness (QED) is 0.653. The van der Waals surface area contributed by atoms with Crippen LogP contribution in [-0.2, 0) is 6.54 Å². The number of hydrogen-bond donors (Lipinski definition) is 2. The lowest BCUT2D eigenvalue weighted by atomic mass is 10.1. The number of unbranched alkanes of at least 4 members (excludes halogenated alkanes) is 5. The molecule has 0 amide bonds. The van der Waals surface area contributed by atoms with E-state index in [4.69, 9.17) is 0 Å². The number of hydrogen-bond acceptors (Lipinski definition) is 2. The predicted octanol–water partition coefficient (Wildman–Crippen LogP) is 4.60. The average Bonchev–Trinajstić information content (AvgIpc) is 2.37. The zero-order valence-corrected chi connectivity index (χ0v) is 12.8. The number of rotatable bonds is 9. The van der Waals surface area contributed by atoms with E-state index in [-0.39, 0.29) is 0 Å². The van der Waals surface area contributed by atoms with Crippen molar-refractivity contribution in [1.82, 2.24) is 5.32 Å². The molecule has 3 heteroatoms. The van der Waals surface area contributed by atoms with Gasteiger partial charge in [0.1, 0.15) is 5.75 Å². The average molecular weight is 314 g/mol. The Kier molecular flexibility index (Phi) is 8.10. The van der Waals surface area contributed by atoms with Crippen LogP contribution in [0.4, 0.5) is 0 Å². The lowest BCUT2D eigenvalue weighted by Crippen LogP contribution is -2.14. The summed E-state index contributed by atoms with van der Waals surface area (Å²) in [5, 5.41) is 12.8. The molecule has 0 saturated heterocycles. The lowest BCUT2D eigenvalue weighted by Gasteiger charge is -2.06. The van der Waals surface area contributed by atoms with Crippen LogP contribution in [0, 0.1) is 0 Å². The highest BCUT2D eigenvalue weighted by Gasteiger charge is 1.99. The van der Waals surface area contributed by atoms with E-state index in [1.807, 2.05) is 12.1 Å². The van der Waals surface area contributed by atoms with Crippen molar-refractivity contribution in [2.24, 2.45) is 0 Å². The standard InChI is InChI=1S/C15H24BrNO/c1-2-3-4-5-6-7-10-17-12-13-8-9-15(18)14(16)11-13/h8-9,11,17-18H,2-7,10,12H2,1H3. The van der Waals surface area contributed by atoms with Crippen LogP contribution in [0.2, 0.25) is 0 Å². The Balaban J connectivity index is 2.05. The topological polar surface area (TPSA) is 32.3 Å². The molecule has 102 valence electrons. The molecule has 0 aliphatic heterocycles. The normalized spacial score (nSPS) is 10.8. The Morgan fingerprint density at radius 3 is 2.56 bits per heavy atom. The maximum atomic E-state index is 9.39. The Labute approximate surface area is 119 Å². The maximum Gasteiger partial charge on any atom is 0.129 e. The number of benzene rings is 1. The van der Waals surface area contributed by atoms with Crippen molar-refractivity contribution < 1.29 is 5.11 Å². The molecule has 0 spiro atoms. The summed E-state index contributed by atoms with van der Waals surface area (Å²) in [6.07, 6.45) is 8.00. The maximum absolute atomic E-state index is 9.39. The zero-order chi connectivity index (χ0) is 13.2. The molecule has 1 rings (SSSR count). The molecule has 0 atom stereocenters. The van der Waals surface area contributed by atoms with Crippen molar-refractivity contribution in [2.75, 3.05) is 6.54 Å². The molecule has 2 nitrogen and oxygen atoms in total. The molecule has 0 bridgehead atoms. The van der Waals surface area contributed by atoms with Crippen LogP contribution >= 0.6 is 15.9 Å². The molecular weight excluding hydrogens is 290 g/mol. The summed E-state index contributed by atoms with van der Waals surface area (Å²) in [5.74, 6) is 0.301. The molecule has 0 aliphatic rings. The van der Waals surface area contributed by atoms with Crippen molar-refractivity contribution in [2.45, 2.75) is 52.0 Å². The first-order chi connectivity index (χ1) is 8.74. The molecule has 0 fully saturated rings. The van der Waals surface area contributed by atoms with Gasteiger partial charge in [-0.25, -0.2) is 0 Å².